The van der Waals surface area contributed by atoms with Crippen LogP contribution in [0.2, 0.25) is 0 Å². The lowest BCUT2D eigenvalue weighted by molar-refractivity contribution is 0.168. The molecular weight excluding hydrogens is 292 g/mol. The summed E-state index contributed by atoms with van der Waals surface area (Å²) in [6, 6.07) is 15.5. The number of hydrogen-bond acceptors (Lipinski definition) is 4. The van der Waals surface area contributed by atoms with Crippen LogP contribution in [0, 0.1) is 0 Å². The van der Waals surface area contributed by atoms with Crippen molar-refractivity contribution in [2.24, 2.45) is 0 Å². The number of hydrogen-bond donors (Lipinski definition) is 2. The molecule has 0 unspecified atom stereocenters. The summed E-state index contributed by atoms with van der Waals surface area (Å²) in [6.07, 6.45) is 0.428. The molecule has 2 N–H and O–H groups in total. The van der Waals surface area contributed by atoms with Gasteiger partial charge in [0.05, 0.1) is 13.7 Å². The van der Waals surface area contributed by atoms with Crippen LogP contribution in [0.15, 0.2) is 48.5 Å². The molecule has 0 saturated heterocycles. The number of anilines is 2. The van der Waals surface area contributed by atoms with Gasteiger partial charge in [-0.1, -0.05) is 18.2 Å². The number of ether oxygens (including phenoxy) is 2. The first-order valence-electron chi connectivity index (χ1n) is 7.62. The SMILES string of the molecule is CCOC(=O)Nc1ccc(NCCc2ccccc2OC)cc1. The number of benzene rings is 2. The highest BCUT2D eigenvalue weighted by atomic mass is 16.5. The van der Waals surface area contributed by atoms with Gasteiger partial charge in [-0.05, 0) is 49.2 Å². The third-order valence-electron chi connectivity index (χ3n) is 3.32. The molecule has 122 valence electrons. The Hall–Kier alpha value is -2.69. The molecule has 0 spiro atoms. The number of carbonyl (C=O) groups excluding carboxylic acids is 1. The van der Waals surface area contributed by atoms with Crippen LogP contribution in [-0.4, -0.2) is 26.4 Å². The van der Waals surface area contributed by atoms with E-state index in [4.69, 9.17) is 9.47 Å². The van der Waals surface area contributed by atoms with Crippen LogP contribution in [0.3, 0.4) is 0 Å². The van der Waals surface area contributed by atoms with Crippen LogP contribution in [0.25, 0.3) is 0 Å². The van der Waals surface area contributed by atoms with Crippen LogP contribution in [0.1, 0.15) is 12.5 Å². The zero-order valence-corrected chi connectivity index (χ0v) is 13.5. The predicted molar refractivity (Wildman–Crippen MR) is 92.3 cm³/mol. The number of amides is 1. The first kappa shape index (κ1) is 16.7. The molecule has 0 aromatic heterocycles. The van der Waals surface area contributed by atoms with Crippen molar-refractivity contribution in [1.29, 1.82) is 0 Å². The van der Waals surface area contributed by atoms with Crippen LogP contribution in [-0.2, 0) is 11.2 Å². The average molecular weight is 314 g/mol. The third kappa shape index (κ3) is 5.21. The van der Waals surface area contributed by atoms with E-state index in [0.717, 1.165) is 24.4 Å². The van der Waals surface area contributed by atoms with E-state index >= 15 is 0 Å². The third-order valence-corrected chi connectivity index (χ3v) is 3.32. The van der Waals surface area contributed by atoms with Crippen molar-refractivity contribution in [3.8, 4) is 5.75 Å². The van der Waals surface area contributed by atoms with Crippen molar-refractivity contribution >= 4 is 17.5 Å². The van der Waals surface area contributed by atoms with Crippen molar-refractivity contribution < 1.29 is 14.3 Å². The molecule has 0 aliphatic heterocycles. The maximum absolute atomic E-state index is 11.3. The Balaban J connectivity index is 1.83. The lowest BCUT2D eigenvalue weighted by atomic mass is 10.1. The van der Waals surface area contributed by atoms with Crippen LogP contribution in [0.4, 0.5) is 16.2 Å². The van der Waals surface area contributed by atoms with Crippen molar-refractivity contribution in [2.75, 3.05) is 30.9 Å². The maximum atomic E-state index is 11.3. The summed E-state index contributed by atoms with van der Waals surface area (Å²) in [5.74, 6) is 0.906. The van der Waals surface area contributed by atoms with Gasteiger partial charge in [0.2, 0.25) is 0 Å². The molecule has 5 heteroatoms. The van der Waals surface area contributed by atoms with E-state index in [1.165, 1.54) is 5.56 Å². The van der Waals surface area contributed by atoms with Crippen LogP contribution < -0.4 is 15.4 Å². The van der Waals surface area contributed by atoms with E-state index in [1.54, 1.807) is 14.0 Å². The number of methoxy groups -OCH3 is 1. The van der Waals surface area contributed by atoms with E-state index in [9.17, 15) is 4.79 Å². The van der Waals surface area contributed by atoms with Gasteiger partial charge in [-0.2, -0.15) is 0 Å². The van der Waals surface area contributed by atoms with Gasteiger partial charge in [0, 0.05) is 17.9 Å². The Morgan fingerprint density at radius 1 is 1.04 bits per heavy atom. The molecule has 5 nitrogen and oxygen atoms in total. The van der Waals surface area contributed by atoms with E-state index in [-0.39, 0.29) is 0 Å². The Bertz CT molecular complexity index is 626. The zero-order valence-electron chi connectivity index (χ0n) is 13.5. The number of nitrogens with one attached hydrogen (secondary N) is 2. The minimum absolute atomic E-state index is 0.356. The molecule has 0 fully saturated rings. The summed E-state index contributed by atoms with van der Waals surface area (Å²) in [5, 5.41) is 6.01. The molecule has 2 rings (SSSR count). The Kier molecular flexibility index (Phi) is 6.29. The van der Waals surface area contributed by atoms with Crippen molar-refractivity contribution in [3.63, 3.8) is 0 Å². The monoisotopic (exact) mass is 314 g/mol. The topological polar surface area (TPSA) is 59.6 Å². The van der Waals surface area contributed by atoms with Gasteiger partial charge in [-0.15, -0.1) is 0 Å². The summed E-state index contributed by atoms with van der Waals surface area (Å²) in [5.41, 5.74) is 2.87. The van der Waals surface area contributed by atoms with E-state index < -0.39 is 6.09 Å². The minimum Gasteiger partial charge on any atom is -0.496 e. The van der Waals surface area contributed by atoms with E-state index in [1.807, 2.05) is 42.5 Å². The van der Waals surface area contributed by atoms with Crippen molar-refractivity contribution in [2.45, 2.75) is 13.3 Å². The van der Waals surface area contributed by atoms with Gasteiger partial charge in [0.25, 0.3) is 0 Å². The van der Waals surface area contributed by atoms with Crippen molar-refractivity contribution in [1.82, 2.24) is 0 Å². The number of rotatable bonds is 7. The molecule has 2 aromatic rings. The normalized spacial score (nSPS) is 10.0. The standard InChI is InChI=1S/C18H22N2O3/c1-3-23-18(21)20-16-10-8-15(9-11-16)19-13-12-14-6-4-5-7-17(14)22-2/h4-11,19H,3,12-13H2,1-2H3,(H,20,21). The molecule has 1 amide bonds. The fourth-order valence-electron chi connectivity index (χ4n) is 2.21. The summed E-state index contributed by atoms with van der Waals surface area (Å²) < 4.78 is 10.2. The largest absolute Gasteiger partial charge is 0.496 e. The van der Waals surface area contributed by atoms with Crippen LogP contribution in [0.5, 0.6) is 5.75 Å². The molecule has 2 aromatic carbocycles. The molecular formula is C18H22N2O3. The van der Waals surface area contributed by atoms with Crippen LogP contribution >= 0.6 is 0 Å². The highest BCUT2D eigenvalue weighted by molar-refractivity contribution is 5.84. The molecule has 0 heterocycles. The summed E-state index contributed by atoms with van der Waals surface area (Å²) >= 11 is 0. The lowest BCUT2D eigenvalue weighted by Crippen LogP contribution is -2.13. The van der Waals surface area contributed by atoms with Gasteiger partial charge < -0.3 is 14.8 Å². The van der Waals surface area contributed by atoms with Gasteiger partial charge in [-0.25, -0.2) is 4.79 Å². The Morgan fingerprint density at radius 3 is 2.43 bits per heavy atom. The van der Waals surface area contributed by atoms with Gasteiger partial charge >= 0.3 is 6.09 Å². The smallest absolute Gasteiger partial charge is 0.411 e. The summed E-state index contributed by atoms with van der Waals surface area (Å²) in [6.45, 7) is 2.92. The highest BCUT2D eigenvalue weighted by Gasteiger charge is 2.03. The fraction of sp³-hybridized carbons (Fsp3) is 0.278. The molecule has 0 radical (unpaired) electrons. The molecule has 0 bridgehead atoms. The molecule has 23 heavy (non-hydrogen) atoms. The second-order valence-electron chi connectivity index (χ2n) is 4.91. The zero-order chi connectivity index (χ0) is 16.5. The number of para-hydroxylation sites is 1. The predicted octanol–water partition coefficient (Wildman–Crippen LogP) is 3.92. The molecule has 0 aliphatic carbocycles. The molecule has 0 saturated carbocycles. The quantitative estimate of drug-likeness (QED) is 0.813. The van der Waals surface area contributed by atoms with Crippen molar-refractivity contribution in [3.05, 3.63) is 54.1 Å². The summed E-state index contributed by atoms with van der Waals surface area (Å²) in [4.78, 5) is 11.3. The van der Waals surface area contributed by atoms with Gasteiger partial charge in [-0.3, -0.25) is 5.32 Å². The Labute approximate surface area is 136 Å². The van der Waals surface area contributed by atoms with Gasteiger partial charge in [0.15, 0.2) is 0 Å². The first-order chi connectivity index (χ1) is 11.2. The fourth-order valence-corrected chi connectivity index (χ4v) is 2.21. The Morgan fingerprint density at radius 2 is 1.74 bits per heavy atom. The summed E-state index contributed by atoms with van der Waals surface area (Å²) in [7, 11) is 1.68. The average Bonchev–Trinajstić information content (AvgIpc) is 2.57. The highest BCUT2D eigenvalue weighted by Crippen LogP contribution is 2.18. The minimum atomic E-state index is -0.440. The molecule has 0 atom stereocenters. The first-order valence-corrected chi connectivity index (χ1v) is 7.62. The van der Waals surface area contributed by atoms with Gasteiger partial charge in [0.1, 0.15) is 5.75 Å². The van der Waals surface area contributed by atoms with E-state index in [0.29, 0.717) is 12.3 Å². The number of carbonyl (C=O) groups is 1. The lowest BCUT2D eigenvalue weighted by Gasteiger charge is -2.10. The molecule has 0 aliphatic rings. The maximum Gasteiger partial charge on any atom is 0.411 e. The second-order valence-corrected chi connectivity index (χ2v) is 4.91. The van der Waals surface area contributed by atoms with E-state index in [2.05, 4.69) is 16.7 Å². The second kappa shape index (κ2) is 8.68.